The molecule has 0 spiro atoms. The molecule has 2 N–H and O–H groups in total. The molecule has 1 aromatic carbocycles. The van der Waals surface area contributed by atoms with Crippen LogP contribution in [-0.4, -0.2) is 30.2 Å². The lowest BCUT2D eigenvalue weighted by atomic mass is 9.95. The van der Waals surface area contributed by atoms with E-state index < -0.39 is 17.5 Å². The zero-order chi connectivity index (χ0) is 17.4. The fraction of sp³-hybridized carbons (Fsp3) is 0.500. The van der Waals surface area contributed by atoms with Gasteiger partial charge < -0.3 is 10.6 Å². The molecular weight excluding hydrogens is 311 g/mol. The summed E-state index contributed by atoms with van der Waals surface area (Å²) < 4.78 is 13.5. The van der Waals surface area contributed by atoms with E-state index in [1.165, 1.54) is 24.6 Å². The molecule has 1 aliphatic carbocycles. The van der Waals surface area contributed by atoms with Crippen molar-refractivity contribution in [3.63, 3.8) is 0 Å². The van der Waals surface area contributed by atoms with E-state index >= 15 is 0 Å². The molecule has 1 aromatic rings. The first-order chi connectivity index (χ1) is 11.6. The van der Waals surface area contributed by atoms with Gasteiger partial charge in [-0.1, -0.05) is 31.4 Å². The standard InChI is InChI=1S/C18H23FN2O3/c19-15-9-5-4-8-14(15)16(22)12-20-17(23)10-11-18(24)21-13-6-2-1-3-7-13/h4-5,8-9,13H,1-3,6-7,10-12H2,(H,20,23)(H,21,24). The Morgan fingerprint density at radius 1 is 1.00 bits per heavy atom. The number of Topliss-reactive ketones (excluding diaryl/α,β-unsaturated/α-hetero) is 1. The first kappa shape index (κ1) is 18.1. The van der Waals surface area contributed by atoms with Gasteiger partial charge in [0, 0.05) is 18.9 Å². The van der Waals surface area contributed by atoms with Crippen molar-refractivity contribution >= 4 is 17.6 Å². The zero-order valence-corrected chi connectivity index (χ0v) is 13.6. The summed E-state index contributed by atoms with van der Waals surface area (Å²) in [4.78, 5) is 35.4. The van der Waals surface area contributed by atoms with Gasteiger partial charge in [-0.3, -0.25) is 14.4 Å². The number of amides is 2. The lowest BCUT2D eigenvalue weighted by Gasteiger charge is -2.22. The lowest BCUT2D eigenvalue weighted by Crippen LogP contribution is -2.37. The molecule has 6 heteroatoms. The predicted molar refractivity (Wildman–Crippen MR) is 88.0 cm³/mol. The van der Waals surface area contributed by atoms with E-state index in [1.807, 2.05) is 0 Å². The second kappa shape index (κ2) is 9.15. The van der Waals surface area contributed by atoms with Crippen molar-refractivity contribution in [1.29, 1.82) is 0 Å². The van der Waals surface area contributed by atoms with Crippen LogP contribution < -0.4 is 10.6 Å². The summed E-state index contributed by atoms with van der Waals surface area (Å²) in [6.07, 6.45) is 5.57. The topological polar surface area (TPSA) is 75.3 Å². The maximum Gasteiger partial charge on any atom is 0.220 e. The number of benzene rings is 1. The Morgan fingerprint density at radius 2 is 1.67 bits per heavy atom. The first-order valence-corrected chi connectivity index (χ1v) is 8.40. The molecule has 1 aliphatic rings. The van der Waals surface area contributed by atoms with Gasteiger partial charge in [0.1, 0.15) is 5.82 Å². The van der Waals surface area contributed by atoms with Gasteiger partial charge >= 0.3 is 0 Å². The fourth-order valence-corrected chi connectivity index (χ4v) is 2.82. The van der Waals surface area contributed by atoms with Crippen molar-refractivity contribution in [2.45, 2.75) is 51.0 Å². The number of ketones is 1. The quantitative estimate of drug-likeness (QED) is 0.752. The normalized spacial score (nSPS) is 14.9. The van der Waals surface area contributed by atoms with E-state index in [4.69, 9.17) is 0 Å². The molecule has 2 rings (SSSR count). The number of hydrogen-bond acceptors (Lipinski definition) is 3. The Kier molecular flexibility index (Phi) is 6.90. The van der Waals surface area contributed by atoms with Gasteiger partial charge in [0.05, 0.1) is 12.1 Å². The summed E-state index contributed by atoms with van der Waals surface area (Å²) >= 11 is 0. The number of rotatable bonds is 7. The monoisotopic (exact) mass is 334 g/mol. The summed E-state index contributed by atoms with van der Waals surface area (Å²) in [7, 11) is 0. The smallest absolute Gasteiger partial charge is 0.220 e. The van der Waals surface area contributed by atoms with Crippen LogP contribution in [0.25, 0.3) is 0 Å². The first-order valence-electron chi connectivity index (χ1n) is 8.40. The van der Waals surface area contributed by atoms with Crippen molar-refractivity contribution in [1.82, 2.24) is 10.6 Å². The molecule has 0 aliphatic heterocycles. The minimum absolute atomic E-state index is 0.0170. The van der Waals surface area contributed by atoms with Crippen molar-refractivity contribution in [2.24, 2.45) is 0 Å². The van der Waals surface area contributed by atoms with Gasteiger partial charge in [-0.15, -0.1) is 0 Å². The number of halogens is 1. The molecule has 1 saturated carbocycles. The van der Waals surface area contributed by atoms with Crippen molar-refractivity contribution < 1.29 is 18.8 Å². The van der Waals surface area contributed by atoms with Gasteiger partial charge in [-0.05, 0) is 25.0 Å². The molecule has 0 bridgehead atoms. The van der Waals surface area contributed by atoms with E-state index in [0.29, 0.717) is 0 Å². The number of nitrogens with one attached hydrogen (secondary N) is 2. The Bertz CT molecular complexity index is 598. The molecule has 130 valence electrons. The van der Waals surface area contributed by atoms with Crippen LogP contribution in [0, 0.1) is 5.82 Å². The SMILES string of the molecule is O=C(CCC(=O)NC1CCCCC1)NCC(=O)c1ccccc1F. The Morgan fingerprint density at radius 3 is 2.38 bits per heavy atom. The Hall–Kier alpha value is -2.24. The van der Waals surface area contributed by atoms with Crippen LogP contribution in [0.15, 0.2) is 24.3 Å². The Labute approximate surface area is 141 Å². The molecule has 0 aromatic heterocycles. The third-order valence-electron chi connectivity index (χ3n) is 4.17. The van der Waals surface area contributed by atoms with Crippen LogP contribution >= 0.6 is 0 Å². The predicted octanol–water partition coefficient (Wildman–Crippen LogP) is 2.35. The third-order valence-corrected chi connectivity index (χ3v) is 4.17. The van der Waals surface area contributed by atoms with Crippen LogP contribution in [-0.2, 0) is 9.59 Å². The molecule has 0 radical (unpaired) electrons. The molecule has 1 fully saturated rings. The number of carbonyl (C=O) groups excluding carboxylic acids is 3. The van der Waals surface area contributed by atoms with Gasteiger partial charge in [-0.2, -0.15) is 0 Å². The third kappa shape index (κ3) is 5.76. The van der Waals surface area contributed by atoms with E-state index in [1.54, 1.807) is 6.07 Å². The summed E-state index contributed by atoms with van der Waals surface area (Å²) in [6, 6.07) is 5.85. The zero-order valence-electron chi connectivity index (χ0n) is 13.6. The van der Waals surface area contributed by atoms with Crippen LogP contribution in [0.1, 0.15) is 55.3 Å². The largest absolute Gasteiger partial charge is 0.353 e. The van der Waals surface area contributed by atoms with E-state index in [-0.39, 0.29) is 36.9 Å². The van der Waals surface area contributed by atoms with Crippen molar-refractivity contribution in [3.8, 4) is 0 Å². The van der Waals surface area contributed by atoms with Crippen molar-refractivity contribution in [2.75, 3.05) is 6.54 Å². The van der Waals surface area contributed by atoms with E-state index in [9.17, 15) is 18.8 Å². The molecule has 2 amide bonds. The fourth-order valence-electron chi connectivity index (χ4n) is 2.82. The highest BCUT2D eigenvalue weighted by Gasteiger charge is 2.17. The van der Waals surface area contributed by atoms with E-state index in [2.05, 4.69) is 10.6 Å². The minimum Gasteiger partial charge on any atom is -0.353 e. The summed E-state index contributed by atoms with van der Waals surface area (Å²) in [5.74, 6) is -1.63. The Balaban J connectivity index is 1.66. The molecule has 0 atom stereocenters. The summed E-state index contributed by atoms with van der Waals surface area (Å²) in [5.41, 5.74) is -0.0483. The van der Waals surface area contributed by atoms with Gasteiger partial charge in [0.15, 0.2) is 5.78 Å². The van der Waals surface area contributed by atoms with Gasteiger partial charge in [-0.25, -0.2) is 4.39 Å². The highest BCUT2D eigenvalue weighted by atomic mass is 19.1. The van der Waals surface area contributed by atoms with Crippen LogP contribution in [0.4, 0.5) is 4.39 Å². The van der Waals surface area contributed by atoms with E-state index in [0.717, 1.165) is 25.7 Å². The van der Waals surface area contributed by atoms with Crippen molar-refractivity contribution in [3.05, 3.63) is 35.6 Å². The van der Waals surface area contributed by atoms with Crippen LogP contribution in [0.2, 0.25) is 0 Å². The van der Waals surface area contributed by atoms with Gasteiger partial charge in [0.2, 0.25) is 11.8 Å². The highest BCUT2D eigenvalue weighted by Crippen LogP contribution is 2.17. The van der Waals surface area contributed by atoms with Crippen LogP contribution in [0.3, 0.4) is 0 Å². The molecule has 0 unspecified atom stereocenters. The second-order valence-corrected chi connectivity index (χ2v) is 6.08. The molecule has 24 heavy (non-hydrogen) atoms. The van der Waals surface area contributed by atoms with Crippen LogP contribution in [0.5, 0.6) is 0 Å². The summed E-state index contributed by atoms with van der Waals surface area (Å²) in [5, 5.41) is 5.37. The average molecular weight is 334 g/mol. The minimum atomic E-state index is -0.608. The molecule has 0 heterocycles. The average Bonchev–Trinajstić information content (AvgIpc) is 2.59. The highest BCUT2D eigenvalue weighted by molar-refractivity contribution is 5.99. The molecular formula is C18H23FN2O3. The molecule has 0 saturated heterocycles. The van der Waals surface area contributed by atoms with Gasteiger partial charge in [0.25, 0.3) is 0 Å². The lowest BCUT2D eigenvalue weighted by molar-refractivity contribution is -0.126. The number of hydrogen-bond donors (Lipinski definition) is 2. The maximum absolute atomic E-state index is 13.5. The maximum atomic E-state index is 13.5. The molecule has 5 nitrogen and oxygen atoms in total. The second-order valence-electron chi connectivity index (χ2n) is 6.08. The number of carbonyl (C=O) groups is 3. The summed E-state index contributed by atoms with van der Waals surface area (Å²) in [6.45, 7) is -0.274.